The number of aryl methyl sites for hydroxylation is 1. The maximum Gasteiger partial charge on any atom is 0.224 e. The molecule has 0 heterocycles. The first-order valence-electron chi connectivity index (χ1n) is 6.99. The van der Waals surface area contributed by atoms with E-state index < -0.39 is 0 Å². The molecule has 0 unspecified atom stereocenters. The van der Waals surface area contributed by atoms with Crippen LogP contribution in [0.5, 0.6) is 0 Å². The number of anilines is 1. The standard InChI is InChI=1S/C16H23N3O/c1-4-14-6-8-15(9-7-14)18(2)13-10-16(20)19(3)12-5-11-17/h6-9H,4-5,10,12-13H2,1-3H3. The second-order valence-electron chi connectivity index (χ2n) is 4.91. The smallest absolute Gasteiger partial charge is 0.224 e. The van der Waals surface area contributed by atoms with Crippen molar-refractivity contribution in [2.24, 2.45) is 0 Å². The van der Waals surface area contributed by atoms with Crippen molar-refractivity contribution < 1.29 is 4.79 Å². The lowest BCUT2D eigenvalue weighted by molar-refractivity contribution is -0.129. The molecule has 0 fully saturated rings. The Morgan fingerprint density at radius 3 is 2.40 bits per heavy atom. The Bertz CT molecular complexity index is 462. The van der Waals surface area contributed by atoms with Gasteiger partial charge in [-0.3, -0.25) is 4.79 Å². The summed E-state index contributed by atoms with van der Waals surface area (Å²) in [4.78, 5) is 15.6. The summed E-state index contributed by atoms with van der Waals surface area (Å²) in [5.41, 5.74) is 2.43. The summed E-state index contributed by atoms with van der Waals surface area (Å²) in [7, 11) is 3.74. The molecule has 0 aromatic heterocycles. The molecular formula is C16H23N3O. The van der Waals surface area contributed by atoms with Crippen molar-refractivity contribution in [1.29, 1.82) is 5.26 Å². The number of nitrogens with zero attached hydrogens (tertiary/aromatic N) is 3. The average Bonchev–Trinajstić information content (AvgIpc) is 2.49. The number of hydrogen-bond donors (Lipinski definition) is 0. The zero-order valence-electron chi connectivity index (χ0n) is 12.6. The summed E-state index contributed by atoms with van der Waals surface area (Å²) in [5.74, 6) is 0.0808. The number of nitriles is 1. The third-order valence-electron chi connectivity index (χ3n) is 3.43. The minimum absolute atomic E-state index is 0.0808. The van der Waals surface area contributed by atoms with Gasteiger partial charge in [0.05, 0.1) is 12.5 Å². The van der Waals surface area contributed by atoms with E-state index in [1.54, 1.807) is 11.9 Å². The van der Waals surface area contributed by atoms with Crippen LogP contribution in [-0.4, -0.2) is 38.0 Å². The molecule has 0 bridgehead atoms. The topological polar surface area (TPSA) is 47.3 Å². The molecule has 0 spiro atoms. The van der Waals surface area contributed by atoms with Crippen molar-refractivity contribution in [1.82, 2.24) is 4.90 Å². The van der Waals surface area contributed by atoms with Gasteiger partial charge in [0.2, 0.25) is 5.91 Å². The van der Waals surface area contributed by atoms with Crippen molar-refractivity contribution in [3.8, 4) is 6.07 Å². The van der Waals surface area contributed by atoms with Crippen molar-refractivity contribution >= 4 is 11.6 Å². The van der Waals surface area contributed by atoms with E-state index in [1.165, 1.54) is 5.56 Å². The van der Waals surface area contributed by atoms with Gasteiger partial charge in [0, 0.05) is 39.3 Å². The van der Waals surface area contributed by atoms with Crippen LogP contribution in [0.4, 0.5) is 5.69 Å². The van der Waals surface area contributed by atoms with E-state index >= 15 is 0 Å². The monoisotopic (exact) mass is 273 g/mol. The van der Waals surface area contributed by atoms with Crippen LogP contribution in [0.2, 0.25) is 0 Å². The molecule has 0 atom stereocenters. The van der Waals surface area contributed by atoms with E-state index in [9.17, 15) is 4.79 Å². The highest BCUT2D eigenvalue weighted by atomic mass is 16.2. The first kappa shape index (κ1) is 16.0. The minimum Gasteiger partial charge on any atom is -0.374 e. The van der Waals surface area contributed by atoms with Crippen molar-refractivity contribution in [2.45, 2.75) is 26.2 Å². The second-order valence-corrected chi connectivity index (χ2v) is 4.91. The number of benzene rings is 1. The maximum absolute atomic E-state index is 11.9. The Balaban J connectivity index is 2.44. The summed E-state index contributed by atoms with van der Waals surface area (Å²) in [6, 6.07) is 10.5. The molecule has 4 heteroatoms. The Morgan fingerprint density at radius 2 is 1.85 bits per heavy atom. The number of amides is 1. The summed E-state index contributed by atoms with van der Waals surface area (Å²) in [6.45, 7) is 3.32. The van der Waals surface area contributed by atoms with Gasteiger partial charge in [-0.15, -0.1) is 0 Å². The van der Waals surface area contributed by atoms with Gasteiger partial charge in [0.15, 0.2) is 0 Å². The summed E-state index contributed by atoms with van der Waals surface area (Å²) in [6.07, 6.45) is 1.89. The van der Waals surface area contributed by atoms with Crippen LogP contribution in [0.3, 0.4) is 0 Å². The lowest BCUT2D eigenvalue weighted by atomic mass is 10.1. The second kappa shape index (κ2) is 8.21. The van der Waals surface area contributed by atoms with E-state index in [-0.39, 0.29) is 5.91 Å². The predicted molar refractivity (Wildman–Crippen MR) is 81.6 cm³/mol. The van der Waals surface area contributed by atoms with Crippen molar-refractivity contribution in [3.05, 3.63) is 29.8 Å². The quantitative estimate of drug-likeness (QED) is 0.766. The minimum atomic E-state index is 0.0808. The Hall–Kier alpha value is -2.02. The number of carbonyl (C=O) groups is 1. The lowest BCUT2D eigenvalue weighted by Gasteiger charge is -2.21. The third-order valence-corrected chi connectivity index (χ3v) is 3.43. The third kappa shape index (κ3) is 4.93. The zero-order chi connectivity index (χ0) is 15.0. The predicted octanol–water partition coefficient (Wildman–Crippen LogP) is 2.45. The van der Waals surface area contributed by atoms with Gasteiger partial charge in [0.1, 0.15) is 0 Å². The molecule has 0 saturated carbocycles. The molecule has 1 aromatic rings. The van der Waals surface area contributed by atoms with Gasteiger partial charge in [-0.1, -0.05) is 19.1 Å². The highest BCUT2D eigenvalue weighted by Crippen LogP contribution is 2.14. The Labute approximate surface area is 121 Å². The van der Waals surface area contributed by atoms with Gasteiger partial charge in [-0.05, 0) is 24.1 Å². The SMILES string of the molecule is CCc1ccc(N(C)CCC(=O)N(C)CCC#N)cc1. The molecule has 0 saturated heterocycles. The Kier molecular flexibility index (Phi) is 6.58. The van der Waals surface area contributed by atoms with E-state index in [1.807, 2.05) is 7.05 Å². The molecule has 0 aliphatic heterocycles. The molecule has 1 rings (SSSR count). The fourth-order valence-electron chi connectivity index (χ4n) is 1.91. The van der Waals surface area contributed by atoms with Crippen LogP contribution in [0.15, 0.2) is 24.3 Å². The fraction of sp³-hybridized carbons (Fsp3) is 0.500. The van der Waals surface area contributed by atoms with Gasteiger partial charge < -0.3 is 9.80 Å². The number of hydrogen-bond acceptors (Lipinski definition) is 3. The summed E-state index contributed by atoms with van der Waals surface area (Å²) in [5, 5.41) is 8.51. The van der Waals surface area contributed by atoms with Gasteiger partial charge in [-0.25, -0.2) is 0 Å². The van der Waals surface area contributed by atoms with E-state index in [0.717, 1.165) is 12.1 Å². The first-order chi connectivity index (χ1) is 9.58. The molecule has 108 valence electrons. The summed E-state index contributed by atoms with van der Waals surface area (Å²) < 4.78 is 0. The first-order valence-corrected chi connectivity index (χ1v) is 6.99. The molecule has 4 nitrogen and oxygen atoms in total. The Morgan fingerprint density at radius 1 is 1.20 bits per heavy atom. The van der Waals surface area contributed by atoms with Gasteiger partial charge in [0.25, 0.3) is 0 Å². The van der Waals surface area contributed by atoms with Crippen molar-refractivity contribution in [2.75, 3.05) is 32.1 Å². The van der Waals surface area contributed by atoms with Crippen LogP contribution >= 0.6 is 0 Å². The number of carbonyl (C=O) groups excluding carboxylic acids is 1. The zero-order valence-corrected chi connectivity index (χ0v) is 12.6. The molecule has 1 aromatic carbocycles. The fourth-order valence-corrected chi connectivity index (χ4v) is 1.91. The summed E-state index contributed by atoms with van der Waals surface area (Å²) >= 11 is 0. The highest BCUT2D eigenvalue weighted by Gasteiger charge is 2.10. The van der Waals surface area contributed by atoms with Crippen LogP contribution in [0.1, 0.15) is 25.3 Å². The van der Waals surface area contributed by atoms with Crippen LogP contribution in [-0.2, 0) is 11.2 Å². The molecular weight excluding hydrogens is 250 g/mol. The van der Waals surface area contributed by atoms with Crippen LogP contribution in [0, 0.1) is 11.3 Å². The molecule has 1 amide bonds. The van der Waals surface area contributed by atoms with Gasteiger partial charge >= 0.3 is 0 Å². The maximum atomic E-state index is 11.9. The normalized spacial score (nSPS) is 9.90. The average molecular weight is 273 g/mol. The van der Waals surface area contributed by atoms with E-state index in [0.29, 0.717) is 25.9 Å². The molecule has 0 radical (unpaired) electrons. The lowest BCUT2D eigenvalue weighted by Crippen LogP contribution is -2.31. The largest absolute Gasteiger partial charge is 0.374 e. The molecule has 0 N–H and O–H groups in total. The van der Waals surface area contributed by atoms with Crippen LogP contribution < -0.4 is 4.90 Å². The highest BCUT2D eigenvalue weighted by molar-refractivity contribution is 5.76. The van der Waals surface area contributed by atoms with E-state index in [4.69, 9.17) is 5.26 Å². The molecule has 20 heavy (non-hydrogen) atoms. The van der Waals surface area contributed by atoms with E-state index in [2.05, 4.69) is 42.2 Å². The van der Waals surface area contributed by atoms with Gasteiger partial charge in [-0.2, -0.15) is 5.26 Å². The molecule has 0 aliphatic rings. The number of rotatable bonds is 7. The van der Waals surface area contributed by atoms with Crippen molar-refractivity contribution in [3.63, 3.8) is 0 Å². The molecule has 0 aliphatic carbocycles. The van der Waals surface area contributed by atoms with Crippen LogP contribution in [0.25, 0.3) is 0 Å².